The van der Waals surface area contributed by atoms with Crippen LogP contribution in [-0.4, -0.2) is 43.9 Å². The van der Waals surface area contributed by atoms with Crippen molar-refractivity contribution in [2.45, 2.75) is 12.8 Å². The standard InChI is InChI=1S/C12H17N3O4S/c1-14(20(18,19)15-6-2-3-7-15)11-5-4-9(12(16)17)8-10(11)13/h4-5,8H,2-3,6-7,13H2,1H3,(H,16,17). The third-order valence-electron chi connectivity index (χ3n) is 3.35. The second kappa shape index (κ2) is 5.29. The molecule has 1 aromatic rings. The number of nitrogens with zero attached hydrogens (tertiary/aromatic N) is 2. The minimum Gasteiger partial charge on any atom is -0.478 e. The van der Waals surface area contributed by atoms with E-state index in [1.54, 1.807) is 0 Å². The van der Waals surface area contributed by atoms with Gasteiger partial charge in [-0.3, -0.25) is 4.31 Å². The van der Waals surface area contributed by atoms with Gasteiger partial charge in [-0.2, -0.15) is 12.7 Å². The number of nitrogen functional groups attached to an aromatic ring is 1. The summed E-state index contributed by atoms with van der Waals surface area (Å²) in [6.45, 7) is 1.000. The van der Waals surface area contributed by atoms with Crippen LogP contribution >= 0.6 is 0 Å². The van der Waals surface area contributed by atoms with Crippen molar-refractivity contribution >= 4 is 27.6 Å². The summed E-state index contributed by atoms with van der Waals surface area (Å²) in [6, 6.07) is 4.00. The number of benzene rings is 1. The molecule has 0 aromatic heterocycles. The van der Waals surface area contributed by atoms with Gasteiger partial charge in [0.25, 0.3) is 0 Å². The zero-order chi connectivity index (χ0) is 14.9. The summed E-state index contributed by atoms with van der Waals surface area (Å²) in [7, 11) is -2.19. The van der Waals surface area contributed by atoms with Crippen LogP contribution in [0.3, 0.4) is 0 Å². The van der Waals surface area contributed by atoms with Crippen molar-refractivity contribution in [3.63, 3.8) is 0 Å². The van der Waals surface area contributed by atoms with Crippen LogP contribution in [0.4, 0.5) is 11.4 Å². The van der Waals surface area contributed by atoms with Crippen LogP contribution in [0.2, 0.25) is 0 Å². The maximum absolute atomic E-state index is 12.4. The lowest BCUT2D eigenvalue weighted by molar-refractivity contribution is 0.0697. The minimum atomic E-state index is -3.61. The van der Waals surface area contributed by atoms with Gasteiger partial charge in [0.1, 0.15) is 0 Å². The molecule has 1 heterocycles. The number of carboxylic acid groups (broad SMARTS) is 1. The Labute approximate surface area is 117 Å². The normalized spacial score (nSPS) is 16.2. The molecule has 110 valence electrons. The van der Waals surface area contributed by atoms with Crippen LogP contribution in [0.15, 0.2) is 18.2 Å². The van der Waals surface area contributed by atoms with Gasteiger partial charge in [-0.15, -0.1) is 0 Å². The van der Waals surface area contributed by atoms with Crippen LogP contribution in [0.1, 0.15) is 23.2 Å². The van der Waals surface area contributed by atoms with Crippen molar-refractivity contribution in [3.05, 3.63) is 23.8 Å². The molecule has 0 atom stereocenters. The first-order valence-electron chi connectivity index (χ1n) is 6.21. The molecule has 0 amide bonds. The van der Waals surface area contributed by atoms with E-state index in [0.29, 0.717) is 13.1 Å². The van der Waals surface area contributed by atoms with Crippen molar-refractivity contribution in [3.8, 4) is 0 Å². The van der Waals surface area contributed by atoms with Gasteiger partial charge in [0, 0.05) is 20.1 Å². The fraction of sp³-hybridized carbons (Fsp3) is 0.417. The average Bonchev–Trinajstić information content (AvgIpc) is 2.92. The molecule has 0 unspecified atom stereocenters. The number of carboxylic acids is 1. The topological polar surface area (TPSA) is 104 Å². The Bertz CT molecular complexity index is 624. The molecular formula is C12H17N3O4S. The Kier molecular flexibility index (Phi) is 3.87. The van der Waals surface area contributed by atoms with Gasteiger partial charge in [-0.05, 0) is 31.0 Å². The molecule has 0 radical (unpaired) electrons. The SMILES string of the molecule is CN(c1ccc(C(=O)O)cc1N)S(=O)(=O)N1CCCC1. The maximum Gasteiger partial charge on any atom is 0.335 e. The summed E-state index contributed by atoms with van der Waals surface area (Å²) < 4.78 is 27.3. The minimum absolute atomic E-state index is 0.0261. The first-order valence-corrected chi connectivity index (χ1v) is 7.60. The monoisotopic (exact) mass is 299 g/mol. The molecule has 7 nitrogen and oxygen atoms in total. The molecule has 20 heavy (non-hydrogen) atoms. The number of nitrogens with two attached hydrogens (primary N) is 1. The lowest BCUT2D eigenvalue weighted by Gasteiger charge is -2.26. The predicted molar refractivity (Wildman–Crippen MR) is 75.9 cm³/mol. The molecule has 1 aliphatic heterocycles. The predicted octanol–water partition coefficient (Wildman–Crippen LogP) is 0.744. The Morgan fingerprint density at radius 2 is 1.95 bits per heavy atom. The Morgan fingerprint density at radius 1 is 1.35 bits per heavy atom. The van der Waals surface area contributed by atoms with Gasteiger partial charge in [0.15, 0.2) is 0 Å². The number of carbonyl (C=O) groups is 1. The van der Waals surface area contributed by atoms with Gasteiger partial charge in [-0.25, -0.2) is 4.79 Å². The van der Waals surface area contributed by atoms with Gasteiger partial charge < -0.3 is 10.8 Å². The van der Waals surface area contributed by atoms with Gasteiger partial charge in [0.05, 0.1) is 16.9 Å². The second-order valence-corrected chi connectivity index (χ2v) is 6.62. The molecule has 3 N–H and O–H groups in total. The van der Waals surface area contributed by atoms with Crippen LogP contribution < -0.4 is 10.0 Å². The van der Waals surface area contributed by atoms with E-state index >= 15 is 0 Å². The van der Waals surface area contributed by atoms with E-state index in [2.05, 4.69) is 0 Å². The molecule has 1 saturated heterocycles. The molecule has 1 fully saturated rings. The first-order chi connectivity index (χ1) is 9.34. The molecule has 0 bridgehead atoms. The first kappa shape index (κ1) is 14.6. The number of rotatable bonds is 4. The highest BCUT2D eigenvalue weighted by molar-refractivity contribution is 7.90. The summed E-state index contributed by atoms with van der Waals surface area (Å²) in [5.74, 6) is -1.10. The fourth-order valence-corrected chi connectivity index (χ4v) is 3.67. The maximum atomic E-state index is 12.4. The van der Waals surface area contributed by atoms with Crippen molar-refractivity contribution in [1.82, 2.24) is 4.31 Å². The van der Waals surface area contributed by atoms with E-state index in [0.717, 1.165) is 17.1 Å². The number of hydrogen-bond donors (Lipinski definition) is 2. The quantitative estimate of drug-likeness (QED) is 0.798. The molecule has 2 rings (SSSR count). The van der Waals surface area contributed by atoms with Crippen molar-refractivity contribution in [1.29, 1.82) is 0 Å². The summed E-state index contributed by atoms with van der Waals surface area (Å²) in [6.07, 6.45) is 1.70. The molecule has 1 aromatic carbocycles. The highest BCUT2D eigenvalue weighted by Crippen LogP contribution is 2.28. The van der Waals surface area contributed by atoms with Gasteiger partial charge >= 0.3 is 16.2 Å². The van der Waals surface area contributed by atoms with Crippen molar-refractivity contribution in [2.75, 3.05) is 30.2 Å². The highest BCUT2D eigenvalue weighted by Gasteiger charge is 2.30. The lowest BCUT2D eigenvalue weighted by Crippen LogP contribution is -2.40. The van der Waals surface area contributed by atoms with Crippen LogP contribution in [0.25, 0.3) is 0 Å². The van der Waals surface area contributed by atoms with Gasteiger partial charge in [-0.1, -0.05) is 0 Å². The van der Waals surface area contributed by atoms with E-state index in [1.807, 2.05) is 0 Å². The largest absolute Gasteiger partial charge is 0.478 e. The molecule has 0 spiro atoms. The van der Waals surface area contributed by atoms with E-state index in [-0.39, 0.29) is 16.9 Å². The summed E-state index contributed by atoms with van der Waals surface area (Å²) >= 11 is 0. The van der Waals surface area contributed by atoms with Crippen molar-refractivity contribution in [2.24, 2.45) is 0 Å². The Morgan fingerprint density at radius 3 is 2.45 bits per heavy atom. The van der Waals surface area contributed by atoms with E-state index in [4.69, 9.17) is 10.8 Å². The van der Waals surface area contributed by atoms with Gasteiger partial charge in [0.2, 0.25) is 0 Å². The average molecular weight is 299 g/mol. The number of aromatic carboxylic acids is 1. The highest BCUT2D eigenvalue weighted by atomic mass is 32.2. The van der Waals surface area contributed by atoms with Crippen LogP contribution in [0, 0.1) is 0 Å². The zero-order valence-corrected chi connectivity index (χ0v) is 11.9. The molecule has 8 heteroatoms. The van der Waals surface area contributed by atoms with Crippen LogP contribution in [-0.2, 0) is 10.2 Å². The third kappa shape index (κ3) is 2.56. The summed E-state index contributed by atoms with van der Waals surface area (Å²) in [5.41, 5.74) is 6.19. The number of hydrogen-bond acceptors (Lipinski definition) is 4. The summed E-state index contributed by atoms with van der Waals surface area (Å²) in [5, 5.41) is 8.88. The Hall–Kier alpha value is -1.80. The lowest BCUT2D eigenvalue weighted by atomic mass is 10.2. The van der Waals surface area contributed by atoms with E-state index in [9.17, 15) is 13.2 Å². The van der Waals surface area contributed by atoms with Crippen LogP contribution in [0.5, 0.6) is 0 Å². The fourth-order valence-electron chi connectivity index (χ4n) is 2.19. The second-order valence-electron chi connectivity index (χ2n) is 4.66. The smallest absolute Gasteiger partial charge is 0.335 e. The van der Waals surface area contributed by atoms with E-state index in [1.165, 1.54) is 29.6 Å². The molecule has 0 aliphatic carbocycles. The Balaban J connectivity index is 2.33. The third-order valence-corrected chi connectivity index (χ3v) is 5.26. The molecular weight excluding hydrogens is 282 g/mol. The van der Waals surface area contributed by atoms with E-state index < -0.39 is 16.2 Å². The zero-order valence-electron chi connectivity index (χ0n) is 11.1. The number of anilines is 2. The summed E-state index contributed by atoms with van der Waals surface area (Å²) in [4.78, 5) is 10.8. The van der Waals surface area contributed by atoms with Crippen molar-refractivity contribution < 1.29 is 18.3 Å². The molecule has 1 aliphatic rings. The molecule has 0 saturated carbocycles.